The van der Waals surface area contributed by atoms with Gasteiger partial charge in [-0.05, 0) is 69.2 Å². The standard InChI is InChI=1S/C34H39N3O9/c1-15-18-8-9-19(16-7-10-20(46-4)17(13-16)14-37-11-5-6-12-37)27(38)22(18)28(39)23-21(15)29(40)25-26(36(2)3)30(41)24(33(35)44)32(43)34(25,45)31(23)42/h7-10,13,15,21,25-26,29,38-40,43,45H,5-6,11-12,14H2,1-4H3,(H2,35,44)/t15-,21+,25+,26-,29-,34-/m1/s1. The molecule has 1 saturated heterocycles. The molecule has 0 aromatic heterocycles. The monoisotopic (exact) mass is 633 g/mol. The number of fused-ring (bicyclic) bond motifs is 3. The number of rotatable bonds is 6. The summed E-state index contributed by atoms with van der Waals surface area (Å²) in [6.45, 7) is 4.31. The van der Waals surface area contributed by atoms with Gasteiger partial charge in [0.2, 0.25) is 5.78 Å². The Bertz CT molecular complexity index is 1720. The van der Waals surface area contributed by atoms with E-state index in [-0.39, 0.29) is 11.3 Å². The number of aliphatic hydroxyl groups is 4. The molecule has 1 amide bonds. The first-order valence-corrected chi connectivity index (χ1v) is 15.3. The molecule has 3 aliphatic carbocycles. The minimum atomic E-state index is -2.96. The lowest BCUT2D eigenvalue weighted by atomic mass is 9.54. The number of primary amides is 1. The predicted molar refractivity (Wildman–Crippen MR) is 167 cm³/mol. The van der Waals surface area contributed by atoms with Gasteiger partial charge in [0, 0.05) is 29.2 Å². The first kappa shape index (κ1) is 31.7. The number of nitrogens with zero attached hydrogens (tertiary/aromatic N) is 2. The third-order valence-electron chi connectivity index (χ3n) is 10.3. The van der Waals surface area contributed by atoms with Gasteiger partial charge in [0.05, 0.1) is 30.7 Å². The number of aliphatic hydroxyl groups excluding tert-OH is 3. The second kappa shape index (κ2) is 11.2. The highest BCUT2D eigenvalue weighted by Gasteiger charge is 2.68. The normalized spacial score (nSPS) is 29.6. The highest BCUT2D eigenvalue weighted by molar-refractivity contribution is 6.24. The Labute approximate surface area is 266 Å². The summed E-state index contributed by atoms with van der Waals surface area (Å²) >= 11 is 0. The Morgan fingerprint density at radius 3 is 2.39 bits per heavy atom. The number of carbonyl (C=O) groups is 3. The van der Waals surface area contributed by atoms with Crippen molar-refractivity contribution in [2.75, 3.05) is 34.3 Å². The molecule has 1 heterocycles. The molecule has 0 unspecified atom stereocenters. The summed E-state index contributed by atoms with van der Waals surface area (Å²) in [5, 5.41) is 58.2. The van der Waals surface area contributed by atoms with E-state index in [0.717, 1.165) is 31.5 Å². The van der Waals surface area contributed by atoms with Crippen LogP contribution in [-0.2, 0) is 20.9 Å². The molecule has 6 atom stereocenters. The number of phenols is 1. The minimum absolute atomic E-state index is 0.0506. The van der Waals surface area contributed by atoms with Gasteiger partial charge in [-0.1, -0.05) is 25.1 Å². The van der Waals surface area contributed by atoms with Gasteiger partial charge in [-0.3, -0.25) is 24.2 Å². The van der Waals surface area contributed by atoms with E-state index >= 15 is 0 Å². The molecule has 2 aromatic rings. The van der Waals surface area contributed by atoms with Crippen molar-refractivity contribution < 1.29 is 44.7 Å². The highest BCUT2D eigenvalue weighted by atomic mass is 16.5. The molecule has 1 saturated carbocycles. The zero-order valence-electron chi connectivity index (χ0n) is 26.1. The number of Topliss-reactive ketones (excluding diaryl/α,β-unsaturated/α-hetero) is 2. The Morgan fingerprint density at radius 1 is 1.11 bits per heavy atom. The number of likely N-dealkylation sites (N-methyl/N-ethyl adjacent to an activating group) is 1. The fraction of sp³-hybridized carbons (Fsp3) is 0.441. The second-order valence-corrected chi connectivity index (χ2v) is 13.0. The van der Waals surface area contributed by atoms with Crippen molar-refractivity contribution in [1.82, 2.24) is 9.80 Å². The van der Waals surface area contributed by atoms with Gasteiger partial charge in [-0.25, -0.2) is 0 Å². The summed E-state index contributed by atoms with van der Waals surface area (Å²) < 4.78 is 5.59. The van der Waals surface area contributed by atoms with E-state index in [4.69, 9.17) is 10.5 Å². The summed E-state index contributed by atoms with van der Waals surface area (Å²) in [7, 11) is 4.54. The predicted octanol–water partition coefficient (Wildman–Crippen LogP) is 1.77. The lowest BCUT2D eigenvalue weighted by Gasteiger charge is -2.53. The van der Waals surface area contributed by atoms with Gasteiger partial charge in [0.15, 0.2) is 11.4 Å². The Hall–Kier alpha value is -4.23. The van der Waals surface area contributed by atoms with E-state index in [0.29, 0.717) is 29.0 Å². The van der Waals surface area contributed by atoms with Gasteiger partial charge < -0.3 is 36.0 Å². The van der Waals surface area contributed by atoms with Crippen LogP contribution in [0.2, 0.25) is 0 Å². The summed E-state index contributed by atoms with van der Waals surface area (Å²) in [4.78, 5) is 43.5. The van der Waals surface area contributed by atoms with E-state index in [1.807, 2.05) is 12.1 Å². The largest absolute Gasteiger partial charge is 0.508 e. The van der Waals surface area contributed by atoms with E-state index in [2.05, 4.69) is 4.90 Å². The van der Waals surface area contributed by atoms with Crippen molar-refractivity contribution in [1.29, 1.82) is 0 Å². The third kappa shape index (κ3) is 4.38. The van der Waals surface area contributed by atoms with Crippen LogP contribution >= 0.6 is 0 Å². The van der Waals surface area contributed by atoms with Crippen LogP contribution in [0.5, 0.6) is 11.5 Å². The minimum Gasteiger partial charge on any atom is -0.508 e. The maximum Gasteiger partial charge on any atom is 0.255 e. The molecule has 2 aromatic carbocycles. The first-order chi connectivity index (χ1) is 21.7. The van der Waals surface area contributed by atoms with Crippen molar-refractivity contribution in [2.24, 2.45) is 17.6 Å². The quantitative estimate of drug-likeness (QED) is 0.254. The van der Waals surface area contributed by atoms with E-state index < -0.39 is 75.6 Å². The maximum absolute atomic E-state index is 14.3. The van der Waals surface area contributed by atoms with Crippen molar-refractivity contribution in [3.05, 3.63) is 63.9 Å². The number of ether oxygens (including phenoxy) is 1. The Kier molecular flexibility index (Phi) is 7.75. The maximum atomic E-state index is 14.3. The zero-order valence-corrected chi connectivity index (χ0v) is 26.1. The van der Waals surface area contributed by atoms with Crippen molar-refractivity contribution in [3.8, 4) is 22.6 Å². The smallest absolute Gasteiger partial charge is 0.255 e. The van der Waals surface area contributed by atoms with E-state index in [1.165, 1.54) is 19.0 Å². The van der Waals surface area contributed by atoms with Crippen molar-refractivity contribution in [3.63, 3.8) is 0 Å². The zero-order chi connectivity index (χ0) is 33.4. The van der Waals surface area contributed by atoms with E-state index in [9.17, 15) is 39.9 Å². The lowest BCUT2D eigenvalue weighted by molar-refractivity contribution is -0.169. The van der Waals surface area contributed by atoms with Crippen LogP contribution in [-0.4, -0.2) is 105 Å². The molecule has 0 bridgehead atoms. The van der Waals surface area contributed by atoms with Crippen LogP contribution in [0.3, 0.4) is 0 Å². The SMILES string of the molecule is COc1ccc(-c2ccc3c(c2O)C(O)=C2C(=O)[C@@]4(O)C(O)=C(C(N)=O)C(=O)[C@H](N(C)C)[C@H]4[C@H](O)[C@H]2[C@@H]3C)cc1CN1CCCC1. The lowest BCUT2D eigenvalue weighted by Crippen LogP contribution is -2.70. The molecule has 2 fully saturated rings. The third-order valence-corrected chi connectivity index (χ3v) is 10.3. The molecule has 0 radical (unpaired) electrons. The number of aromatic hydroxyl groups is 1. The molecular formula is C34H39N3O9. The Morgan fingerprint density at radius 2 is 1.78 bits per heavy atom. The number of benzene rings is 2. The highest BCUT2D eigenvalue weighted by Crippen LogP contribution is 2.57. The van der Waals surface area contributed by atoms with Crippen molar-refractivity contribution in [2.45, 2.75) is 50.0 Å². The van der Waals surface area contributed by atoms with Gasteiger partial charge in [-0.15, -0.1) is 0 Å². The number of methoxy groups -OCH3 is 1. The number of nitrogens with two attached hydrogens (primary N) is 1. The summed E-state index contributed by atoms with van der Waals surface area (Å²) in [5.74, 6) is -8.46. The fourth-order valence-electron chi connectivity index (χ4n) is 8.10. The molecule has 12 nitrogen and oxygen atoms in total. The number of phenolic OH excluding ortho intramolecular Hbond substituents is 1. The number of ketones is 2. The van der Waals surface area contributed by atoms with Crippen LogP contribution in [0, 0.1) is 11.8 Å². The molecule has 1 aliphatic heterocycles. The Balaban J connectivity index is 1.51. The number of likely N-dealkylation sites (tertiary alicyclic amines) is 1. The van der Waals surface area contributed by atoms with Crippen LogP contribution < -0.4 is 10.5 Å². The average Bonchev–Trinajstić information content (AvgIpc) is 3.52. The van der Waals surface area contributed by atoms with Gasteiger partial charge in [-0.2, -0.15) is 0 Å². The van der Waals surface area contributed by atoms with Crippen LogP contribution in [0.1, 0.15) is 42.4 Å². The van der Waals surface area contributed by atoms with Crippen LogP contribution in [0.4, 0.5) is 0 Å². The molecule has 4 aliphatic rings. The second-order valence-electron chi connectivity index (χ2n) is 13.0. The first-order valence-electron chi connectivity index (χ1n) is 15.3. The summed E-state index contributed by atoms with van der Waals surface area (Å²) in [6, 6.07) is 7.52. The molecule has 46 heavy (non-hydrogen) atoms. The summed E-state index contributed by atoms with van der Waals surface area (Å²) in [5.41, 5.74) is 3.38. The van der Waals surface area contributed by atoms with Crippen LogP contribution in [0.15, 0.2) is 47.2 Å². The van der Waals surface area contributed by atoms with Gasteiger partial charge in [0.25, 0.3) is 5.91 Å². The molecule has 0 spiro atoms. The summed E-state index contributed by atoms with van der Waals surface area (Å²) in [6.07, 6.45) is 0.591. The topological polar surface area (TPSA) is 194 Å². The number of hydrogen-bond acceptors (Lipinski definition) is 11. The van der Waals surface area contributed by atoms with Crippen LogP contribution in [0.25, 0.3) is 16.9 Å². The molecule has 12 heteroatoms. The molecule has 6 rings (SSSR count). The van der Waals surface area contributed by atoms with Gasteiger partial charge >= 0.3 is 0 Å². The number of hydrogen-bond donors (Lipinski definition) is 6. The number of carbonyl (C=O) groups excluding carboxylic acids is 3. The van der Waals surface area contributed by atoms with Crippen molar-refractivity contribution >= 4 is 23.2 Å². The van der Waals surface area contributed by atoms with Gasteiger partial charge in [0.1, 0.15) is 28.6 Å². The average molecular weight is 634 g/mol. The number of amides is 1. The molecular weight excluding hydrogens is 594 g/mol. The molecule has 244 valence electrons. The fourth-order valence-corrected chi connectivity index (χ4v) is 8.10. The van der Waals surface area contributed by atoms with E-state index in [1.54, 1.807) is 32.2 Å². The molecule has 7 N–H and O–H groups in total.